The van der Waals surface area contributed by atoms with Gasteiger partial charge in [0.1, 0.15) is 12.1 Å². The molecule has 3 rings (SSSR count). The zero-order chi connectivity index (χ0) is 14.3. The van der Waals surface area contributed by atoms with Gasteiger partial charge in [0.05, 0.1) is 12.8 Å². The lowest BCUT2D eigenvalue weighted by atomic mass is 10.2. The third-order valence-corrected chi connectivity index (χ3v) is 3.04. The summed E-state index contributed by atoms with van der Waals surface area (Å²) in [5, 5.41) is 0. The molecule has 0 unspecified atom stereocenters. The summed E-state index contributed by atoms with van der Waals surface area (Å²) < 4.78 is 20.2. The molecule has 0 aliphatic rings. The Bertz CT molecular complexity index is 799. The molecule has 0 fully saturated rings. The summed E-state index contributed by atoms with van der Waals surface area (Å²) in [6.45, 7) is 1.86. The third-order valence-electron chi connectivity index (χ3n) is 3.04. The Morgan fingerprint density at radius 3 is 2.85 bits per heavy atom. The number of methoxy groups -OCH3 is 1. The number of nitrogen functional groups attached to an aromatic ring is 1. The molecular formula is C13H12FN5O. The molecule has 0 amide bonds. The molecule has 0 aliphatic heterocycles. The van der Waals surface area contributed by atoms with Gasteiger partial charge in [-0.05, 0) is 24.6 Å². The van der Waals surface area contributed by atoms with Gasteiger partial charge in [-0.3, -0.25) is 4.57 Å². The number of nitrogens with two attached hydrogens (primary N) is 1. The summed E-state index contributed by atoms with van der Waals surface area (Å²) >= 11 is 0. The van der Waals surface area contributed by atoms with Gasteiger partial charge in [-0.1, -0.05) is 6.07 Å². The summed E-state index contributed by atoms with van der Waals surface area (Å²) in [4.78, 5) is 12.3. The number of imidazole rings is 1. The fourth-order valence-electron chi connectivity index (χ4n) is 2.10. The molecule has 0 atom stereocenters. The summed E-state index contributed by atoms with van der Waals surface area (Å²) in [7, 11) is 1.49. The lowest BCUT2D eigenvalue weighted by Gasteiger charge is -2.09. The topological polar surface area (TPSA) is 78.8 Å². The number of hydrogen-bond donors (Lipinski definition) is 1. The predicted molar refractivity (Wildman–Crippen MR) is 72.3 cm³/mol. The molecule has 20 heavy (non-hydrogen) atoms. The van der Waals surface area contributed by atoms with Gasteiger partial charge >= 0.3 is 0 Å². The molecule has 0 aliphatic carbocycles. The number of halogens is 1. The van der Waals surface area contributed by atoms with E-state index in [2.05, 4.69) is 15.0 Å². The van der Waals surface area contributed by atoms with Crippen molar-refractivity contribution in [2.45, 2.75) is 6.92 Å². The van der Waals surface area contributed by atoms with Gasteiger partial charge in [0, 0.05) is 0 Å². The Labute approximate surface area is 114 Å². The molecule has 0 spiro atoms. The van der Waals surface area contributed by atoms with Gasteiger partial charge < -0.3 is 10.5 Å². The number of aromatic nitrogens is 4. The Balaban J connectivity index is 2.37. The van der Waals surface area contributed by atoms with Crippen molar-refractivity contribution in [3.63, 3.8) is 0 Å². The summed E-state index contributed by atoms with van der Waals surface area (Å²) in [5.74, 6) is 0.176. The smallest absolute Gasteiger partial charge is 0.245 e. The number of anilines is 1. The first-order valence-electron chi connectivity index (χ1n) is 5.91. The highest BCUT2D eigenvalue weighted by Crippen LogP contribution is 2.27. The van der Waals surface area contributed by atoms with Crippen molar-refractivity contribution in [1.82, 2.24) is 19.5 Å². The van der Waals surface area contributed by atoms with Crippen molar-refractivity contribution in [3.05, 3.63) is 35.9 Å². The molecule has 1 aromatic carbocycles. The van der Waals surface area contributed by atoms with Crippen LogP contribution in [0.4, 0.5) is 10.3 Å². The number of nitrogens with zero attached hydrogens (tertiary/aromatic N) is 4. The van der Waals surface area contributed by atoms with Crippen molar-refractivity contribution in [2.24, 2.45) is 0 Å². The molecule has 6 nitrogen and oxygen atoms in total. The maximum absolute atomic E-state index is 13.5. The summed E-state index contributed by atoms with van der Waals surface area (Å²) in [6.07, 6.45) is 1.35. The van der Waals surface area contributed by atoms with Gasteiger partial charge in [-0.25, -0.2) is 14.4 Å². The molecule has 102 valence electrons. The van der Waals surface area contributed by atoms with E-state index in [1.54, 1.807) is 10.6 Å². The first-order valence-corrected chi connectivity index (χ1v) is 5.91. The van der Waals surface area contributed by atoms with Gasteiger partial charge in [-0.2, -0.15) is 4.98 Å². The van der Waals surface area contributed by atoms with E-state index in [0.717, 1.165) is 5.56 Å². The van der Waals surface area contributed by atoms with E-state index >= 15 is 0 Å². The molecule has 2 N–H and O–H groups in total. The van der Waals surface area contributed by atoms with Gasteiger partial charge in [0.2, 0.25) is 11.8 Å². The van der Waals surface area contributed by atoms with Crippen LogP contribution in [0.25, 0.3) is 16.9 Å². The number of aryl methyl sites for hydroxylation is 1. The normalized spacial score (nSPS) is 10.9. The van der Waals surface area contributed by atoms with Crippen LogP contribution in [0.15, 0.2) is 24.5 Å². The van der Waals surface area contributed by atoms with Crippen LogP contribution in [0.2, 0.25) is 0 Å². The highest BCUT2D eigenvalue weighted by molar-refractivity contribution is 5.81. The fraction of sp³-hybridized carbons (Fsp3) is 0.154. The van der Waals surface area contributed by atoms with Crippen LogP contribution in [-0.4, -0.2) is 26.6 Å². The number of fused-ring (bicyclic) bond motifs is 1. The molecule has 2 heterocycles. The van der Waals surface area contributed by atoms with E-state index in [0.29, 0.717) is 22.7 Å². The number of benzene rings is 1. The van der Waals surface area contributed by atoms with Crippen molar-refractivity contribution >= 4 is 17.1 Å². The van der Waals surface area contributed by atoms with Crippen LogP contribution in [0, 0.1) is 12.7 Å². The average Bonchev–Trinajstić information content (AvgIpc) is 2.77. The highest BCUT2D eigenvalue weighted by atomic mass is 19.1. The minimum atomic E-state index is -0.354. The summed E-state index contributed by atoms with van der Waals surface area (Å²) in [6, 6.07) is 4.46. The molecule has 2 aromatic heterocycles. The van der Waals surface area contributed by atoms with Crippen LogP contribution in [-0.2, 0) is 0 Å². The Kier molecular flexibility index (Phi) is 2.74. The molecule has 0 saturated heterocycles. The maximum Gasteiger partial charge on any atom is 0.245 e. The van der Waals surface area contributed by atoms with E-state index in [9.17, 15) is 4.39 Å². The van der Waals surface area contributed by atoms with Gasteiger partial charge in [0.25, 0.3) is 0 Å². The Morgan fingerprint density at radius 1 is 1.30 bits per heavy atom. The fourth-order valence-corrected chi connectivity index (χ4v) is 2.10. The highest BCUT2D eigenvalue weighted by Gasteiger charge is 2.17. The first-order chi connectivity index (χ1) is 9.61. The van der Waals surface area contributed by atoms with Crippen LogP contribution < -0.4 is 10.5 Å². The van der Waals surface area contributed by atoms with E-state index in [1.165, 1.54) is 25.6 Å². The van der Waals surface area contributed by atoms with Crippen molar-refractivity contribution in [2.75, 3.05) is 12.8 Å². The quantitative estimate of drug-likeness (QED) is 0.771. The third kappa shape index (κ3) is 1.75. The van der Waals surface area contributed by atoms with E-state index in [4.69, 9.17) is 10.5 Å². The Morgan fingerprint density at radius 2 is 2.10 bits per heavy atom. The summed E-state index contributed by atoms with van der Waals surface area (Å²) in [5.41, 5.74) is 8.30. The second kappa shape index (κ2) is 4.44. The molecule has 0 bridgehead atoms. The molecule has 3 aromatic rings. The number of hydrogen-bond acceptors (Lipinski definition) is 5. The van der Waals surface area contributed by atoms with Crippen LogP contribution in [0.1, 0.15) is 5.56 Å². The zero-order valence-electron chi connectivity index (χ0n) is 11.0. The van der Waals surface area contributed by atoms with Gasteiger partial charge in [0.15, 0.2) is 11.2 Å². The van der Waals surface area contributed by atoms with E-state index in [-0.39, 0.29) is 11.8 Å². The zero-order valence-corrected chi connectivity index (χ0v) is 11.0. The minimum Gasteiger partial charge on any atom is -0.479 e. The lowest BCUT2D eigenvalue weighted by Crippen LogP contribution is -2.04. The molecule has 0 radical (unpaired) electrons. The van der Waals surface area contributed by atoms with Crippen LogP contribution in [0.3, 0.4) is 0 Å². The second-order valence-corrected chi connectivity index (χ2v) is 4.29. The van der Waals surface area contributed by atoms with Crippen molar-refractivity contribution < 1.29 is 9.13 Å². The lowest BCUT2D eigenvalue weighted by molar-refractivity contribution is 0.401. The molecule has 0 saturated carbocycles. The second-order valence-electron chi connectivity index (χ2n) is 4.29. The van der Waals surface area contributed by atoms with Gasteiger partial charge in [-0.15, -0.1) is 0 Å². The van der Waals surface area contributed by atoms with Crippen LogP contribution >= 0.6 is 0 Å². The molecule has 7 heteroatoms. The average molecular weight is 273 g/mol. The van der Waals surface area contributed by atoms with E-state index in [1.807, 2.05) is 6.92 Å². The number of ether oxygens (including phenoxy) is 1. The number of rotatable bonds is 2. The van der Waals surface area contributed by atoms with E-state index < -0.39 is 0 Å². The first kappa shape index (κ1) is 12.3. The monoisotopic (exact) mass is 273 g/mol. The SMILES string of the molecule is COc1ncnc2c1nc(N)n2-c1cc(F)ccc1C. The maximum atomic E-state index is 13.5. The largest absolute Gasteiger partial charge is 0.479 e. The van der Waals surface area contributed by atoms with Crippen molar-refractivity contribution in [3.8, 4) is 11.6 Å². The standard InChI is InChI=1S/C13H12FN5O/c1-7-3-4-8(14)5-9(7)19-11-10(18-13(19)15)12(20-2)17-6-16-11/h3-6H,1-2H3,(H2,15,18). The predicted octanol–water partition coefficient (Wildman–Crippen LogP) is 1.85. The molecular weight excluding hydrogens is 261 g/mol. The van der Waals surface area contributed by atoms with Crippen molar-refractivity contribution in [1.29, 1.82) is 0 Å². The van der Waals surface area contributed by atoms with Crippen LogP contribution in [0.5, 0.6) is 5.88 Å². The Hall–Kier alpha value is -2.70. The minimum absolute atomic E-state index is 0.201.